The van der Waals surface area contributed by atoms with Gasteiger partial charge in [0.1, 0.15) is 5.82 Å². The summed E-state index contributed by atoms with van der Waals surface area (Å²) < 4.78 is 2.94. The molecule has 106 valence electrons. The van der Waals surface area contributed by atoms with Crippen LogP contribution in [0.3, 0.4) is 0 Å². The Bertz CT molecular complexity index is 813. The molecule has 0 radical (unpaired) electrons. The van der Waals surface area contributed by atoms with Gasteiger partial charge in [-0.2, -0.15) is 4.52 Å². The van der Waals surface area contributed by atoms with Gasteiger partial charge in [-0.05, 0) is 37.1 Å². The number of hydrogen-bond donors (Lipinski definition) is 1. The molecule has 5 nitrogen and oxygen atoms in total. The van der Waals surface area contributed by atoms with Crippen molar-refractivity contribution in [3.05, 3.63) is 52.3 Å². The first-order chi connectivity index (χ1) is 10.2. The normalized spacial score (nSPS) is 20.7. The summed E-state index contributed by atoms with van der Waals surface area (Å²) in [6, 6.07) is 12.7. The molecule has 1 N–H and O–H groups in total. The number of rotatable bonds is 3. The van der Waals surface area contributed by atoms with Crippen LogP contribution in [0.4, 0.5) is 5.82 Å². The van der Waals surface area contributed by atoms with Gasteiger partial charge in [0.15, 0.2) is 11.5 Å². The lowest BCUT2D eigenvalue weighted by Gasteiger charge is -2.07. The minimum absolute atomic E-state index is 0.436. The van der Waals surface area contributed by atoms with Crippen LogP contribution in [0.2, 0.25) is 0 Å². The first kappa shape index (κ1) is 12.8. The first-order valence-electron chi connectivity index (χ1n) is 6.92. The van der Waals surface area contributed by atoms with Crippen LogP contribution in [0.25, 0.3) is 5.65 Å². The third-order valence-electron chi connectivity index (χ3n) is 3.85. The van der Waals surface area contributed by atoms with Crippen molar-refractivity contribution in [2.45, 2.75) is 25.3 Å². The van der Waals surface area contributed by atoms with Gasteiger partial charge in [-0.15, -0.1) is 15.3 Å². The Morgan fingerprint density at radius 2 is 2.05 bits per heavy atom. The molecule has 0 spiro atoms. The van der Waals surface area contributed by atoms with Crippen LogP contribution in [-0.2, 0) is 0 Å². The second-order valence-electron chi connectivity index (χ2n) is 5.35. The monoisotopic (exact) mass is 343 g/mol. The number of fused-ring (bicyclic) bond motifs is 1. The molecule has 2 aromatic heterocycles. The molecule has 2 heterocycles. The number of halogens is 1. The van der Waals surface area contributed by atoms with Crippen molar-refractivity contribution >= 4 is 27.4 Å². The van der Waals surface area contributed by atoms with Gasteiger partial charge < -0.3 is 5.32 Å². The van der Waals surface area contributed by atoms with E-state index in [4.69, 9.17) is 0 Å². The highest BCUT2D eigenvalue weighted by Gasteiger charge is 2.39. The topological polar surface area (TPSA) is 55.1 Å². The maximum Gasteiger partial charge on any atom is 0.178 e. The smallest absolute Gasteiger partial charge is 0.178 e. The van der Waals surface area contributed by atoms with Gasteiger partial charge in [0.05, 0.1) is 0 Å². The van der Waals surface area contributed by atoms with Gasteiger partial charge in [-0.3, -0.25) is 0 Å². The van der Waals surface area contributed by atoms with Crippen LogP contribution in [0.1, 0.15) is 23.7 Å². The zero-order chi connectivity index (χ0) is 14.4. The molecule has 6 heteroatoms. The first-order valence-corrected chi connectivity index (χ1v) is 7.72. The molecule has 2 unspecified atom stereocenters. The summed E-state index contributed by atoms with van der Waals surface area (Å²) in [5.74, 6) is 2.21. The Hall–Kier alpha value is -1.95. The Labute approximate surface area is 130 Å². The summed E-state index contributed by atoms with van der Waals surface area (Å²) in [6.45, 7) is 1.90. The van der Waals surface area contributed by atoms with E-state index in [0.29, 0.717) is 12.0 Å². The molecular weight excluding hydrogens is 330 g/mol. The van der Waals surface area contributed by atoms with E-state index in [9.17, 15) is 0 Å². The Morgan fingerprint density at radius 1 is 1.19 bits per heavy atom. The van der Waals surface area contributed by atoms with Crippen LogP contribution in [0, 0.1) is 6.92 Å². The van der Waals surface area contributed by atoms with Gasteiger partial charge in [-0.25, -0.2) is 0 Å². The zero-order valence-electron chi connectivity index (χ0n) is 11.5. The summed E-state index contributed by atoms with van der Waals surface area (Å²) in [5.41, 5.74) is 2.13. The predicted molar refractivity (Wildman–Crippen MR) is 84.4 cm³/mol. The van der Waals surface area contributed by atoms with Crippen LogP contribution in [0.5, 0.6) is 0 Å². The van der Waals surface area contributed by atoms with Crippen molar-refractivity contribution in [1.82, 2.24) is 19.8 Å². The molecule has 21 heavy (non-hydrogen) atoms. The molecule has 0 aliphatic heterocycles. The number of hydrogen-bond acceptors (Lipinski definition) is 4. The Morgan fingerprint density at radius 3 is 2.90 bits per heavy atom. The van der Waals surface area contributed by atoms with Gasteiger partial charge in [-0.1, -0.05) is 34.1 Å². The number of benzene rings is 1. The summed E-state index contributed by atoms with van der Waals surface area (Å²) in [7, 11) is 0. The summed E-state index contributed by atoms with van der Waals surface area (Å²) in [6.07, 6.45) is 1.13. The highest BCUT2D eigenvalue weighted by Crippen LogP contribution is 2.45. The van der Waals surface area contributed by atoms with E-state index in [1.807, 2.05) is 25.1 Å². The lowest BCUT2D eigenvalue weighted by Crippen LogP contribution is -2.08. The molecular formula is C15H14BrN5. The molecule has 1 aromatic carbocycles. The fourth-order valence-electron chi connectivity index (χ4n) is 2.64. The maximum absolute atomic E-state index is 4.53. The largest absolute Gasteiger partial charge is 0.365 e. The van der Waals surface area contributed by atoms with Crippen LogP contribution < -0.4 is 5.32 Å². The average Bonchev–Trinajstić information content (AvgIpc) is 3.15. The number of aryl methyl sites for hydroxylation is 1. The minimum atomic E-state index is 0.436. The van der Waals surface area contributed by atoms with Crippen molar-refractivity contribution in [3.63, 3.8) is 0 Å². The lowest BCUT2D eigenvalue weighted by atomic mass is 10.1. The van der Waals surface area contributed by atoms with Gasteiger partial charge >= 0.3 is 0 Å². The lowest BCUT2D eigenvalue weighted by molar-refractivity contribution is 0.868. The van der Waals surface area contributed by atoms with E-state index < -0.39 is 0 Å². The second kappa shape index (κ2) is 4.80. The van der Waals surface area contributed by atoms with E-state index in [1.54, 1.807) is 4.52 Å². The predicted octanol–water partition coefficient (Wildman–Crippen LogP) is 3.16. The van der Waals surface area contributed by atoms with Crippen LogP contribution in [0.15, 0.2) is 40.9 Å². The summed E-state index contributed by atoms with van der Waals surface area (Å²) >= 11 is 3.62. The molecule has 2 atom stereocenters. The van der Waals surface area contributed by atoms with Crippen LogP contribution >= 0.6 is 15.9 Å². The molecule has 1 aliphatic carbocycles. The Balaban J connectivity index is 1.54. The van der Waals surface area contributed by atoms with E-state index >= 15 is 0 Å². The van der Waals surface area contributed by atoms with Crippen molar-refractivity contribution < 1.29 is 0 Å². The SMILES string of the molecule is Cc1nnc2ccc(NC3CC3c3ccccc3Br)nn12. The molecule has 3 aromatic rings. The van der Waals surface area contributed by atoms with Crippen molar-refractivity contribution in [1.29, 1.82) is 0 Å². The van der Waals surface area contributed by atoms with Gasteiger partial charge in [0.2, 0.25) is 0 Å². The van der Waals surface area contributed by atoms with Crippen LogP contribution in [-0.4, -0.2) is 25.9 Å². The van der Waals surface area contributed by atoms with Crippen molar-refractivity contribution in [2.24, 2.45) is 0 Å². The number of aromatic nitrogens is 4. The number of nitrogens with one attached hydrogen (secondary N) is 1. The third kappa shape index (κ3) is 2.29. The maximum atomic E-state index is 4.53. The summed E-state index contributed by atoms with van der Waals surface area (Å²) in [4.78, 5) is 0. The van der Waals surface area contributed by atoms with E-state index in [0.717, 1.165) is 23.7 Å². The standard InChI is InChI=1S/C15H14BrN5/c1-9-18-19-15-7-6-14(20-21(9)15)17-13-8-11(13)10-4-2-3-5-12(10)16/h2-7,11,13H,8H2,1H3,(H,17,20). The molecule has 1 fully saturated rings. The molecule has 0 saturated heterocycles. The zero-order valence-corrected chi connectivity index (χ0v) is 13.1. The second-order valence-corrected chi connectivity index (χ2v) is 6.20. The van der Waals surface area contributed by atoms with E-state index in [1.165, 1.54) is 10.0 Å². The van der Waals surface area contributed by atoms with Gasteiger partial charge in [0, 0.05) is 16.4 Å². The molecule has 1 aliphatic rings. The quantitative estimate of drug-likeness (QED) is 0.793. The fourth-order valence-corrected chi connectivity index (χ4v) is 3.22. The highest BCUT2D eigenvalue weighted by atomic mass is 79.9. The van der Waals surface area contributed by atoms with Crippen molar-refractivity contribution in [3.8, 4) is 0 Å². The van der Waals surface area contributed by atoms with E-state index in [-0.39, 0.29) is 0 Å². The van der Waals surface area contributed by atoms with Crippen molar-refractivity contribution in [2.75, 3.05) is 5.32 Å². The van der Waals surface area contributed by atoms with E-state index in [2.05, 4.69) is 54.7 Å². The fraction of sp³-hybridized carbons (Fsp3) is 0.267. The molecule has 0 amide bonds. The average molecular weight is 344 g/mol. The number of anilines is 1. The Kier molecular flexibility index (Phi) is 2.92. The molecule has 1 saturated carbocycles. The highest BCUT2D eigenvalue weighted by molar-refractivity contribution is 9.10. The molecule has 4 rings (SSSR count). The summed E-state index contributed by atoms with van der Waals surface area (Å²) in [5, 5.41) is 16.1. The third-order valence-corrected chi connectivity index (χ3v) is 4.57. The molecule has 0 bridgehead atoms. The van der Waals surface area contributed by atoms with Gasteiger partial charge in [0.25, 0.3) is 0 Å². The number of nitrogens with zero attached hydrogens (tertiary/aromatic N) is 4. The minimum Gasteiger partial charge on any atom is -0.365 e.